The molecule has 0 aromatic heterocycles. The number of hydrogen-bond acceptors (Lipinski definition) is 3. The van der Waals surface area contributed by atoms with Crippen LogP contribution in [-0.2, 0) is 9.53 Å². The zero-order valence-electron chi connectivity index (χ0n) is 13.9. The second-order valence-electron chi connectivity index (χ2n) is 8.49. The molecule has 1 saturated carbocycles. The Morgan fingerprint density at radius 1 is 1.29 bits per heavy atom. The predicted molar refractivity (Wildman–Crippen MR) is 83.0 cm³/mol. The maximum absolute atomic E-state index is 13.0. The molecule has 1 amide bonds. The Kier molecular flexibility index (Phi) is 3.81. The van der Waals surface area contributed by atoms with Crippen LogP contribution >= 0.6 is 0 Å². The molecule has 0 spiro atoms. The van der Waals surface area contributed by atoms with E-state index in [0.29, 0.717) is 36.0 Å². The maximum Gasteiger partial charge on any atom is 0.229 e. The smallest absolute Gasteiger partial charge is 0.229 e. The van der Waals surface area contributed by atoms with Crippen molar-refractivity contribution in [3.8, 4) is 0 Å². The highest BCUT2D eigenvalue weighted by Crippen LogP contribution is 2.52. The van der Waals surface area contributed by atoms with Crippen molar-refractivity contribution in [2.75, 3.05) is 26.3 Å². The van der Waals surface area contributed by atoms with Crippen molar-refractivity contribution >= 4 is 5.91 Å². The van der Waals surface area contributed by atoms with Gasteiger partial charge in [-0.2, -0.15) is 0 Å². The second kappa shape index (κ2) is 5.24. The van der Waals surface area contributed by atoms with Crippen molar-refractivity contribution in [1.29, 1.82) is 0 Å². The molecular weight excluding hydrogens is 264 g/mol. The Morgan fingerprint density at radius 2 is 2.05 bits per heavy atom. The summed E-state index contributed by atoms with van der Waals surface area (Å²) in [6.07, 6.45) is 3.56. The van der Waals surface area contributed by atoms with Crippen molar-refractivity contribution in [1.82, 2.24) is 10.2 Å². The van der Waals surface area contributed by atoms with E-state index in [1.807, 2.05) is 0 Å². The molecule has 1 N–H and O–H groups in total. The predicted octanol–water partition coefficient (Wildman–Crippen LogP) is 2.04. The van der Waals surface area contributed by atoms with Crippen LogP contribution < -0.4 is 5.32 Å². The van der Waals surface area contributed by atoms with E-state index in [1.165, 1.54) is 12.8 Å². The molecule has 4 heteroatoms. The summed E-state index contributed by atoms with van der Waals surface area (Å²) in [5.74, 6) is 0.334. The van der Waals surface area contributed by atoms with Crippen LogP contribution in [0.4, 0.5) is 0 Å². The number of likely N-dealkylation sites (N-methyl/N-ethyl adjacent to an activating group) is 1. The summed E-state index contributed by atoms with van der Waals surface area (Å²) in [5.41, 5.74) is 0.676. The molecule has 21 heavy (non-hydrogen) atoms. The SMILES string of the molecule is CCNC1COCC1C(=O)N1CC2(C)CC1CC(C)(C)C2. The molecule has 0 aromatic rings. The first kappa shape index (κ1) is 15.3. The van der Waals surface area contributed by atoms with Crippen LogP contribution in [0.1, 0.15) is 47.0 Å². The molecule has 0 aromatic carbocycles. The number of rotatable bonds is 3. The minimum atomic E-state index is 0.0102. The van der Waals surface area contributed by atoms with Gasteiger partial charge in [-0.25, -0.2) is 0 Å². The lowest BCUT2D eigenvalue weighted by Gasteiger charge is -2.39. The van der Waals surface area contributed by atoms with E-state index in [0.717, 1.165) is 19.5 Å². The molecule has 3 rings (SSSR count). The van der Waals surface area contributed by atoms with Gasteiger partial charge in [-0.05, 0) is 36.6 Å². The van der Waals surface area contributed by atoms with E-state index < -0.39 is 0 Å². The summed E-state index contributed by atoms with van der Waals surface area (Å²) < 4.78 is 5.57. The molecular formula is C17H30N2O2. The Labute approximate surface area is 128 Å². The topological polar surface area (TPSA) is 41.6 Å². The zero-order chi connectivity index (χ0) is 15.3. The highest BCUT2D eigenvalue weighted by atomic mass is 16.5. The van der Waals surface area contributed by atoms with Crippen LogP contribution in [-0.4, -0.2) is 49.2 Å². The normalized spacial score (nSPS) is 41.5. The molecule has 4 atom stereocenters. The molecule has 1 aliphatic carbocycles. The van der Waals surface area contributed by atoms with Crippen molar-refractivity contribution in [3.05, 3.63) is 0 Å². The summed E-state index contributed by atoms with van der Waals surface area (Å²) in [5, 5.41) is 3.41. The second-order valence-corrected chi connectivity index (χ2v) is 8.49. The number of carbonyl (C=O) groups is 1. The van der Waals surface area contributed by atoms with E-state index in [9.17, 15) is 4.79 Å². The van der Waals surface area contributed by atoms with Crippen LogP contribution in [0.25, 0.3) is 0 Å². The Bertz CT molecular complexity index is 423. The number of fused-ring (bicyclic) bond motifs is 2. The summed E-state index contributed by atoms with van der Waals surface area (Å²) in [7, 11) is 0. The van der Waals surface area contributed by atoms with Gasteiger partial charge in [-0.15, -0.1) is 0 Å². The number of nitrogens with zero attached hydrogens (tertiary/aromatic N) is 1. The molecule has 3 fully saturated rings. The van der Waals surface area contributed by atoms with Crippen LogP contribution in [0.2, 0.25) is 0 Å². The quantitative estimate of drug-likeness (QED) is 0.866. The Balaban J connectivity index is 1.74. The summed E-state index contributed by atoms with van der Waals surface area (Å²) in [6, 6.07) is 0.637. The number of ether oxygens (including phenoxy) is 1. The van der Waals surface area contributed by atoms with Gasteiger partial charge in [0.25, 0.3) is 0 Å². The van der Waals surface area contributed by atoms with Crippen LogP contribution in [0, 0.1) is 16.7 Å². The highest BCUT2D eigenvalue weighted by Gasteiger charge is 2.52. The Morgan fingerprint density at radius 3 is 2.76 bits per heavy atom. The average molecular weight is 294 g/mol. The molecule has 2 saturated heterocycles. The van der Waals surface area contributed by atoms with Gasteiger partial charge in [0, 0.05) is 18.6 Å². The molecule has 4 nitrogen and oxygen atoms in total. The van der Waals surface area contributed by atoms with Gasteiger partial charge >= 0.3 is 0 Å². The van der Waals surface area contributed by atoms with Gasteiger partial charge < -0.3 is 15.0 Å². The first-order valence-electron chi connectivity index (χ1n) is 8.45. The third kappa shape index (κ3) is 2.85. The minimum absolute atomic E-state index is 0.0102. The molecule has 0 radical (unpaired) electrons. The van der Waals surface area contributed by atoms with Gasteiger partial charge in [0.15, 0.2) is 0 Å². The summed E-state index contributed by atoms with van der Waals surface area (Å²) in [6.45, 7) is 12.2. The van der Waals surface area contributed by atoms with E-state index in [1.54, 1.807) is 0 Å². The van der Waals surface area contributed by atoms with Crippen molar-refractivity contribution in [3.63, 3.8) is 0 Å². The lowest BCUT2D eigenvalue weighted by molar-refractivity contribution is -0.137. The van der Waals surface area contributed by atoms with E-state index in [2.05, 4.69) is 37.9 Å². The molecule has 2 aliphatic heterocycles. The number of amides is 1. The largest absolute Gasteiger partial charge is 0.379 e. The Hall–Kier alpha value is -0.610. The van der Waals surface area contributed by atoms with Crippen molar-refractivity contribution in [2.24, 2.45) is 16.7 Å². The van der Waals surface area contributed by atoms with Crippen LogP contribution in [0.3, 0.4) is 0 Å². The van der Waals surface area contributed by atoms with Gasteiger partial charge in [0.1, 0.15) is 0 Å². The number of nitrogens with one attached hydrogen (secondary N) is 1. The third-order valence-corrected chi connectivity index (χ3v) is 5.56. The molecule has 2 heterocycles. The lowest BCUT2D eigenvalue weighted by atomic mass is 9.65. The van der Waals surface area contributed by atoms with E-state index in [4.69, 9.17) is 4.74 Å². The van der Waals surface area contributed by atoms with E-state index >= 15 is 0 Å². The van der Waals surface area contributed by atoms with Crippen LogP contribution in [0.15, 0.2) is 0 Å². The fourth-order valence-electron chi connectivity index (χ4n) is 5.19. The number of likely N-dealkylation sites (tertiary alicyclic amines) is 1. The van der Waals surface area contributed by atoms with Crippen molar-refractivity contribution in [2.45, 2.75) is 59.0 Å². The number of carbonyl (C=O) groups excluding carboxylic acids is 1. The van der Waals surface area contributed by atoms with Crippen molar-refractivity contribution < 1.29 is 9.53 Å². The van der Waals surface area contributed by atoms with Crippen LogP contribution in [0.5, 0.6) is 0 Å². The van der Waals surface area contributed by atoms with E-state index in [-0.39, 0.29) is 12.0 Å². The third-order valence-electron chi connectivity index (χ3n) is 5.56. The van der Waals surface area contributed by atoms with Gasteiger partial charge in [0.05, 0.1) is 19.1 Å². The maximum atomic E-state index is 13.0. The first-order chi connectivity index (χ1) is 9.84. The number of hydrogen-bond donors (Lipinski definition) is 1. The molecule has 2 bridgehead atoms. The standard InChI is InChI=1S/C17H30N2O2/c1-5-18-14-9-21-8-13(14)15(20)19-11-17(4)7-12(19)6-16(2,3)10-17/h12-14,18H,5-11H2,1-4H3. The summed E-state index contributed by atoms with van der Waals surface area (Å²) >= 11 is 0. The van der Waals surface area contributed by atoms with Gasteiger partial charge in [0.2, 0.25) is 5.91 Å². The average Bonchev–Trinajstić information content (AvgIpc) is 2.90. The minimum Gasteiger partial charge on any atom is -0.379 e. The lowest BCUT2D eigenvalue weighted by Crippen LogP contribution is -2.47. The molecule has 120 valence electrons. The first-order valence-corrected chi connectivity index (χ1v) is 8.45. The summed E-state index contributed by atoms with van der Waals surface area (Å²) in [4.78, 5) is 15.2. The van der Waals surface area contributed by atoms with Gasteiger partial charge in [-0.3, -0.25) is 4.79 Å². The van der Waals surface area contributed by atoms with Gasteiger partial charge in [-0.1, -0.05) is 27.7 Å². The fourth-order valence-corrected chi connectivity index (χ4v) is 5.19. The molecule has 4 unspecified atom stereocenters. The zero-order valence-corrected chi connectivity index (χ0v) is 13.9. The molecule has 3 aliphatic rings. The monoisotopic (exact) mass is 294 g/mol. The fraction of sp³-hybridized carbons (Fsp3) is 0.941. The highest BCUT2D eigenvalue weighted by molar-refractivity contribution is 5.81.